The van der Waals surface area contributed by atoms with Gasteiger partial charge >= 0.3 is 6.18 Å². The van der Waals surface area contributed by atoms with Gasteiger partial charge in [-0.3, -0.25) is 5.41 Å². The third-order valence-corrected chi connectivity index (χ3v) is 6.61. The number of benzene rings is 1. The molecule has 0 aromatic heterocycles. The summed E-state index contributed by atoms with van der Waals surface area (Å²) in [5.74, 6) is -2.88. The number of hydrogen-bond donors (Lipinski definition) is 1. The lowest BCUT2D eigenvalue weighted by Gasteiger charge is -2.49. The fraction of sp³-hybridized carbons (Fsp3) is 0.524. The smallest absolute Gasteiger partial charge is 0.416 e. The molecule has 4 rings (SSSR count). The van der Waals surface area contributed by atoms with Gasteiger partial charge in [-0.1, -0.05) is 31.0 Å². The van der Waals surface area contributed by atoms with Crippen LogP contribution < -0.4 is 0 Å². The summed E-state index contributed by atoms with van der Waals surface area (Å²) in [6.07, 6.45) is -3.74. The van der Waals surface area contributed by atoms with Gasteiger partial charge in [0.1, 0.15) is 6.10 Å². The third kappa shape index (κ3) is 2.29. The minimum absolute atomic E-state index is 0.265. The maximum absolute atomic E-state index is 13.8. The number of hydrogen-bond acceptors (Lipinski definition) is 6. The number of rotatable bonds is 1. The highest BCUT2D eigenvalue weighted by Crippen LogP contribution is 2.69. The molecular weight excluding hydrogens is 397 g/mol. The van der Waals surface area contributed by atoms with Crippen molar-refractivity contribution < 1.29 is 22.6 Å². The summed E-state index contributed by atoms with van der Waals surface area (Å²) >= 11 is 0. The monoisotopic (exact) mass is 414 g/mol. The molecule has 9 heteroatoms. The number of nitrogens with zero attached hydrogens (tertiary/aromatic N) is 3. The van der Waals surface area contributed by atoms with E-state index in [4.69, 9.17) is 14.9 Å². The molecule has 1 saturated carbocycles. The van der Waals surface area contributed by atoms with Crippen LogP contribution in [0.4, 0.5) is 13.2 Å². The zero-order valence-electron chi connectivity index (χ0n) is 15.8. The van der Waals surface area contributed by atoms with Crippen molar-refractivity contribution in [2.75, 3.05) is 0 Å². The first-order chi connectivity index (χ1) is 14.2. The maximum atomic E-state index is 13.8. The Morgan fingerprint density at radius 3 is 2.37 bits per heavy atom. The first-order valence-corrected chi connectivity index (χ1v) is 9.58. The van der Waals surface area contributed by atoms with E-state index in [0.717, 1.165) is 18.6 Å². The van der Waals surface area contributed by atoms with Gasteiger partial charge in [0.2, 0.25) is 17.1 Å². The number of halogens is 3. The Morgan fingerprint density at radius 2 is 1.73 bits per heavy atom. The maximum Gasteiger partial charge on any atom is 0.416 e. The summed E-state index contributed by atoms with van der Waals surface area (Å²) in [4.78, 5) is 0. The molecule has 6 nitrogen and oxygen atoms in total. The van der Waals surface area contributed by atoms with Crippen LogP contribution in [0.15, 0.2) is 24.3 Å². The molecule has 30 heavy (non-hydrogen) atoms. The average Bonchev–Trinajstić information content (AvgIpc) is 2.85. The second kappa shape index (κ2) is 6.45. The largest absolute Gasteiger partial charge is 0.447 e. The van der Waals surface area contributed by atoms with Crippen molar-refractivity contribution in [3.63, 3.8) is 0 Å². The van der Waals surface area contributed by atoms with Gasteiger partial charge in [0, 0.05) is 6.42 Å². The van der Waals surface area contributed by atoms with Gasteiger partial charge in [0.05, 0.1) is 29.7 Å². The van der Waals surface area contributed by atoms with Crippen LogP contribution in [0.2, 0.25) is 0 Å². The van der Waals surface area contributed by atoms with Crippen LogP contribution in [0.25, 0.3) is 0 Å². The van der Waals surface area contributed by atoms with Crippen LogP contribution in [0.5, 0.6) is 0 Å². The van der Waals surface area contributed by atoms with Gasteiger partial charge in [0.15, 0.2) is 5.41 Å². The lowest BCUT2D eigenvalue weighted by atomic mass is 9.52. The van der Waals surface area contributed by atoms with Crippen molar-refractivity contribution in [1.82, 2.24) is 0 Å². The molecule has 0 radical (unpaired) electrons. The van der Waals surface area contributed by atoms with Crippen molar-refractivity contribution in [3.05, 3.63) is 35.4 Å². The van der Waals surface area contributed by atoms with Crippen molar-refractivity contribution in [2.45, 2.75) is 50.2 Å². The number of nitriles is 3. The van der Waals surface area contributed by atoms with Crippen LogP contribution >= 0.6 is 0 Å². The molecule has 4 unspecified atom stereocenters. The molecule has 2 aliphatic heterocycles. The predicted molar refractivity (Wildman–Crippen MR) is 95.1 cm³/mol. The van der Waals surface area contributed by atoms with Gasteiger partial charge in [0.25, 0.3) is 0 Å². The highest BCUT2D eigenvalue weighted by atomic mass is 19.4. The van der Waals surface area contributed by atoms with Crippen LogP contribution in [-0.4, -0.2) is 11.7 Å². The van der Waals surface area contributed by atoms with Crippen molar-refractivity contribution in [1.29, 1.82) is 21.2 Å². The number of alkyl halides is 3. The molecule has 0 amide bonds. The Morgan fingerprint density at radius 1 is 1.03 bits per heavy atom. The second-order valence-corrected chi connectivity index (χ2v) is 7.93. The first kappa shape index (κ1) is 20.2. The molecule has 1 aliphatic carbocycles. The van der Waals surface area contributed by atoms with Crippen LogP contribution in [0.3, 0.4) is 0 Å². The summed E-state index contributed by atoms with van der Waals surface area (Å²) < 4.78 is 53.1. The summed E-state index contributed by atoms with van der Waals surface area (Å²) in [7, 11) is 0. The summed E-state index contributed by atoms with van der Waals surface area (Å²) in [5.41, 5.74) is -5.86. The van der Waals surface area contributed by atoms with Crippen molar-refractivity contribution in [2.24, 2.45) is 16.7 Å². The molecule has 2 heterocycles. The first-order valence-electron chi connectivity index (χ1n) is 9.58. The minimum Gasteiger partial charge on any atom is -0.447 e. The van der Waals surface area contributed by atoms with E-state index in [-0.39, 0.29) is 6.42 Å². The number of nitrogens with one attached hydrogen (secondary N) is 1. The molecule has 1 N–H and O–H groups in total. The lowest BCUT2D eigenvalue weighted by molar-refractivity contribution is -0.285. The van der Waals surface area contributed by atoms with Gasteiger partial charge in [-0.15, -0.1) is 0 Å². The molecular formula is C21H17F3N4O2. The quantitative estimate of drug-likeness (QED) is 0.721. The third-order valence-electron chi connectivity index (χ3n) is 6.61. The average molecular weight is 414 g/mol. The van der Waals surface area contributed by atoms with Crippen LogP contribution in [0, 0.1) is 56.2 Å². The topological polar surface area (TPSA) is 114 Å². The van der Waals surface area contributed by atoms with E-state index in [0.29, 0.717) is 19.3 Å². The standard InChI is InChI=1S/C21H17F3N4O2/c22-21(23,24)14-7-4-3-6-13(14)16-18(10-25,11-26)19(12-27)15-8-2-1-5-9-20(15,29-16)30-17(19)28/h3-4,6-7,15-16,28H,1-2,5,8-9H2. The second-order valence-electron chi connectivity index (χ2n) is 7.93. The molecule has 154 valence electrons. The fourth-order valence-corrected chi connectivity index (χ4v) is 5.30. The number of ether oxygens (including phenoxy) is 2. The van der Waals surface area contributed by atoms with Gasteiger partial charge < -0.3 is 9.47 Å². The Kier molecular flexibility index (Phi) is 4.34. The molecule has 3 aliphatic rings. The zero-order chi connectivity index (χ0) is 21.8. The summed E-state index contributed by atoms with van der Waals surface area (Å²) in [6, 6.07) is 10.1. The normalized spacial score (nSPS) is 34.5. The Balaban J connectivity index is 2.04. The molecule has 4 atom stereocenters. The molecule has 1 aromatic rings. The van der Waals surface area contributed by atoms with E-state index < -0.39 is 51.8 Å². The lowest BCUT2D eigenvalue weighted by Crippen LogP contribution is -2.59. The Bertz CT molecular complexity index is 1020. The van der Waals surface area contributed by atoms with Gasteiger partial charge in [-0.25, -0.2) is 0 Å². The predicted octanol–water partition coefficient (Wildman–Crippen LogP) is 4.60. The van der Waals surface area contributed by atoms with Crippen molar-refractivity contribution in [3.8, 4) is 18.2 Å². The fourth-order valence-electron chi connectivity index (χ4n) is 5.30. The SMILES string of the molecule is N#CC1(C#N)C(c2ccccc2C(F)(F)F)OC23CCCCCC2C1(C#N)C(=N)O3. The molecule has 1 aromatic carbocycles. The van der Waals surface area contributed by atoms with E-state index in [9.17, 15) is 29.0 Å². The Labute approximate surface area is 170 Å². The van der Waals surface area contributed by atoms with Gasteiger partial charge in [-0.05, 0) is 24.5 Å². The summed E-state index contributed by atoms with van der Waals surface area (Å²) in [6.45, 7) is 0. The van der Waals surface area contributed by atoms with E-state index in [1.807, 2.05) is 6.07 Å². The highest BCUT2D eigenvalue weighted by molar-refractivity contribution is 5.89. The molecule has 0 spiro atoms. The molecule has 3 fully saturated rings. The van der Waals surface area contributed by atoms with E-state index in [2.05, 4.69) is 0 Å². The zero-order valence-corrected chi connectivity index (χ0v) is 15.8. The molecule has 2 bridgehead atoms. The highest BCUT2D eigenvalue weighted by Gasteiger charge is 2.80. The molecule has 2 saturated heterocycles. The van der Waals surface area contributed by atoms with Crippen molar-refractivity contribution >= 4 is 5.90 Å². The minimum atomic E-state index is -4.76. The van der Waals surface area contributed by atoms with Crippen LogP contribution in [0.1, 0.15) is 49.3 Å². The van der Waals surface area contributed by atoms with E-state index in [1.54, 1.807) is 12.1 Å². The van der Waals surface area contributed by atoms with E-state index in [1.165, 1.54) is 12.1 Å². The van der Waals surface area contributed by atoms with Gasteiger partial charge in [-0.2, -0.15) is 29.0 Å². The van der Waals surface area contributed by atoms with E-state index >= 15 is 0 Å². The van der Waals surface area contributed by atoms with Crippen LogP contribution in [-0.2, 0) is 15.7 Å². The summed E-state index contributed by atoms with van der Waals surface area (Å²) in [5, 5.41) is 38.9. The Hall–Kier alpha value is -3.09.